The molecule has 9 nitrogen and oxygen atoms in total. The summed E-state index contributed by atoms with van der Waals surface area (Å²) in [5, 5.41) is 9.76. The Kier molecular flexibility index (Phi) is 6.99. The van der Waals surface area contributed by atoms with Crippen molar-refractivity contribution in [3.8, 4) is 0 Å². The Bertz CT molecular complexity index is 1350. The number of hydrogen-bond acceptors (Lipinski definition) is 8. The number of carbonyl (C=O) groups is 1. The fourth-order valence-electron chi connectivity index (χ4n) is 4.98. The maximum Gasteiger partial charge on any atom is 0.411 e. The zero-order valence-corrected chi connectivity index (χ0v) is 21.6. The second-order valence-electron chi connectivity index (χ2n) is 10.1. The first-order chi connectivity index (χ1) is 18.1. The minimum absolute atomic E-state index is 0.00323. The second-order valence-corrected chi connectivity index (χ2v) is 10.1. The van der Waals surface area contributed by atoms with Crippen molar-refractivity contribution in [1.82, 2.24) is 20.3 Å². The van der Waals surface area contributed by atoms with Crippen LogP contribution in [-0.4, -0.2) is 52.3 Å². The van der Waals surface area contributed by atoms with Gasteiger partial charge in [-0.1, -0.05) is 0 Å². The Morgan fingerprint density at radius 2 is 1.82 bits per heavy atom. The number of piperazine rings is 1. The van der Waals surface area contributed by atoms with Gasteiger partial charge in [0.25, 0.3) is 6.43 Å². The Morgan fingerprint density at radius 1 is 1.13 bits per heavy atom. The van der Waals surface area contributed by atoms with Gasteiger partial charge in [-0.2, -0.15) is 0 Å². The normalized spacial score (nSPS) is 19.4. The van der Waals surface area contributed by atoms with Gasteiger partial charge in [-0.3, -0.25) is 5.32 Å². The molecule has 2 aromatic heterocycles. The van der Waals surface area contributed by atoms with Crippen LogP contribution >= 0.6 is 0 Å². The number of ether oxygens (including phenoxy) is 1. The van der Waals surface area contributed by atoms with Crippen molar-refractivity contribution in [2.24, 2.45) is 0 Å². The summed E-state index contributed by atoms with van der Waals surface area (Å²) in [5.74, 6) is 0.642. The van der Waals surface area contributed by atoms with E-state index in [0.717, 1.165) is 31.4 Å². The van der Waals surface area contributed by atoms with Gasteiger partial charge in [-0.25, -0.2) is 32.9 Å². The Hall–Kier alpha value is -3.67. The van der Waals surface area contributed by atoms with Crippen LogP contribution in [-0.2, 0) is 4.74 Å². The minimum Gasteiger partial charge on any atom is -0.447 e. The van der Waals surface area contributed by atoms with Crippen LogP contribution in [0.25, 0.3) is 10.9 Å². The monoisotopic (exact) mass is 529 g/mol. The third-order valence-corrected chi connectivity index (χ3v) is 6.70. The van der Waals surface area contributed by atoms with E-state index in [-0.39, 0.29) is 11.3 Å². The zero-order valence-electron chi connectivity index (χ0n) is 21.6. The van der Waals surface area contributed by atoms with Crippen LogP contribution in [0.15, 0.2) is 24.4 Å². The highest BCUT2D eigenvalue weighted by Crippen LogP contribution is 2.34. The van der Waals surface area contributed by atoms with Crippen molar-refractivity contribution in [2.75, 3.05) is 28.6 Å². The molecule has 0 saturated carbocycles. The fraction of sp³-hybridized carbons (Fsp3) is 0.462. The van der Waals surface area contributed by atoms with Crippen molar-refractivity contribution in [3.63, 3.8) is 0 Å². The van der Waals surface area contributed by atoms with Crippen LogP contribution in [0.2, 0.25) is 0 Å². The summed E-state index contributed by atoms with van der Waals surface area (Å²) < 4.78 is 47.7. The Morgan fingerprint density at radius 3 is 2.47 bits per heavy atom. The number of halogens is 3. The van der Waals surface area contributed by atoms with Gasteiger partial charge in [0, 0.05) is 41.8 Å². The summed E-state index contributed by atoms with van der Waals surface area (Å²) in [6.07, 6.45) is -1.47. The summed E-state index contributed by atoms with van der Waals surface area (Å²) in [5.41, 5.74) is -0.257. The van der Waals surface area contributed by atoms with Gasteiger partial charge in [0.05, 0.1) is 29.4 Å². The summed E-state index contributed by atoms with van der Waals surface area (Å²) >= 11 is 0. The molecule has 3 N–H and O–H groups in total. The molecule has 3 aliphatic rings. The van der Waals surface area contributed by atoms with Gasteiger partial charge in [0.15, 0.2) is 0 Å². The molecule has 1 aromatic carbocycles. The number of pyridine rings is 1. The molecular formula is C26H30F3N7O2. The lowest BCUT2D eigenvalue weighted by Crippen LogP contribution is -2.67. The van der Waals surface area contributed by atoms with Crippen LogP contribution in [0.3, 0.4) is 0 Å². The highest BCUT2D eigenvalue weighted by molar-refractivity contribution is 5.91. The predicted molar refractivity (Wildman–Crippen MR) is 138 cm³/mol. The number of fused-ring (bicyclic) bond motifs is 3. The topological polar surface area (TPSA) is 104 Å². The molecule has 3 saturated heterocycles. The minimum atomic E-state index is -3.08. The SMILES string of the molecule is Cc1nc(N[C@H](C)c2cc(NC(=O)OC(C)C)cc(C(F)F)c2F)c2cc(N3CC4CC(C3)N4)ncc2n1. The average molecular weight is 530 g/mol. The van der Waals surface area contributed by atoms with E-state index in [9.17, 15) is 13.6 Å². The highest BCUT2D eigenvalue weighted by atomic mass is 19.3. The summed E-state index contributed by atoms with van der Waals surface area (Å²) in [6, 6.07) is 4.24. The van der Waals surface area contributed by atoms with Gasteiger partial charge >= 0.3 is 6.09 Å². The van der Waals surface area contributed by atoms with Gasteiger partial charge in [0.1, 0.15) is 23.3 Å². The molecule has 0 aliphatic carbocycles. The number of benzene rings is 1. The first-order valence-corrected chi connectivity index (χ1v) is 12.6. The molecular weight excluding hydrogens is 499 g/mol. The van der Waals surface area contributed by atoms with Crippen molar-refractivity contribution < 1.29 is 22.7 Å². The zero-order chi connectivity index (χ0) is 27.1. The molecule has 2 bridgehead atoms. The summed E-state index contributed by atoms with van der Waals surface area (Å²) in [6.45, 7) is 8.38. The number of aryl methyl sites for hydroxylation is 1. The summed E-state index contributed by atoms with van der Waals surface area (Å²) in [4.78, 5) is 27.9. The van der Waals surface area contributed by atoms with Crippen LogP contribution in [0, 0.1) is 12.7 Å². The van der Waals surface area contributed by atoms with E-state index >= 15 is 4.39 Å². The number of nitrogens with zero attached hydrogens (tertiary/aromatic N) is 4. The predicted octanol–water partition coefficient (Wildman–Crippen LogP) is 5.09. The molecule has 202 valence electrons. The van der Waals surface area contributed by atoms with E-state index in [1.54, 1.807) is 33.9 Å². The van der Waals surface area contributed by atoms with Crippen LogP contribution < -0.4 is 20.9 Å². The number of hydrogen-bond donors (Lipinski definition) is 3. The molecule has 3 aromatic rings. The largest absolute Gasteiger partial charge is 0.447 e. The van der Waals surface area contributed by atoms with Crippen LogP contribution in [0.5, 0.6) is 0 Å². The Labute approximate surface area is 218 Å². The molecule has 6 rings (SSSR count). The van der Waals surface area contributed by atoms with E-state index in [0.29, 0.717) is 34.6 Å². The lowest BCUT2D eigenvalue weighted by Gasteiger charge is -2.48. The van der Waals surface area contributed by atoms with Crippen molar-refractivity contribution in [1.29, 1.82) is 0 Å². The lowest BCUT2D eigenvalue weighted by atomic mass is 9.91. The summed E-state index contributed by atoms with van der Waals surface area (Å²) in [7, 11) is 0. The Balaban J connectivity index is 1.47. The number of piperidine rings is 1. The van der Waals surface area contributed by atoms with Crippen molar-refractivity contribution in [2.45, 2.75) is 64.8 Å². The molecule has 2 unspecified atom stereocenters. The van der Waals surface area contributed by atoms with Gasteiger partial charge in [0.2, 0.25) is 0 Å². The second kappa shape index (κ2) is 10.2. The van der Waals surface area contributed by atoms with Crippen molar-refractivity contribution >= 4 is 34.3 Å². The van der Waals surface area contributed by atoms with E-state index in [2.05, 4.69) is 35.8 Å². The van der Waals surface area contributed by atoms with E-state index in [4.69, 9.17) is 4.74 Å². The molecule has 3 atom stereocenters. The average Bonchev–Trinajstić information content (AvgIpc) is 2.83. The maximum atomic E-state index is 15.2. The smallest absolute Gasteiger partial charge is 0.411 e. The molecule has 12 heteroatoms. The maximum absolute atomic E-state index is 15.2. The number of nitrogens with one attached hydrogen (secondary N) is 3. The number of carbonyl (C=O) groups excluding carboxylic acids is 1. The van der Waals surface area contributed by atoms with Gasteiger partial charge < -0.3 is 20.3 Å². The van der Waals surface area contributed by atoms with Gasteiger partial charge in [-0.05, 0) is 52.3 Å². The first kappa shape index (κ1) is 26.0. The lowest BCUT2D eigenvalue weighted by molar-refractivity contribution is 0.129. The van der Waals surface area contributed by atoms with E-state index in [1.165, 1.54) is 6.07 Å². The standard InChI is InChI=1S/C26H30F3N7O2/c1-12(2)38-26(37)35-15-6-18(23(27)20(7-15)24(28)29)13(3)31-25-19-8-22(30-9-21(19)32-14(4)33-25)36-10-16-5-17(11-36)34-16/h6-9,12-13,16-17,24,34H,5,10-11H2,1-4H3,(H,35,37)(H,31,32,33)/t13-,16?,17?/m1/s1. The highest BCUT2D eigenvalue weighted by Gasteiger charge is 2.37. The van der Waals surface area contributed by atoms with Gasteiger partial charge in [-0.15, -0.1) is 0 Å². The fourth-order valence-corrected chi connectivity index (χ4v) is 4.98. The number of rotatable bonds is 7. The van der Waals surface area contributed by atoms with E-state index in [1.807, 2.05) is 6.07 Å². The molecule has 3 aliphatic heterocycles. The van der Waals surface area contributed by atoms with Crippen molar-refractivity contribution in [3.05, 3.63) is 47.2 Å². The number of anilines is 3. The molecule has 1 amide bonds. The first-order valence-electron chi connectivity index (χ1n) is 12.6. The quantitative estimate of drug-likeness (QED) is 0.389. The van der Waals surface area contributed by atoms with Crippen LogP contribution in [0.1, 0.15) is 56.6 Å². The van der Waals surface area contributed by atoms with Crippen LogP contribution in [0.4, 0.5) is 35.3 Å². The molecule has 3 fully saturated rings. The third kappa shape index (κ3) is 5.31. The number of amides is 1. The molecule has 0 spiro atoms. The number of alkyl halides is 2. The molecule has 0 radical (unpaired) electrons. The third-order valence-electron chi connectivity index (χ3n) is 6.70. The molecule has 5 heterocycles. The van der Waals surface area contributed by atoms with E-state index < -0.39 is 36.0 Å². The number of aromatic nitrogens is 3. The molecule has 38 heavy (non-hydrogen) atoms.